The lowest BCUT2D eigenvalue weighted by molar-refractivity contribution is -0.136. The molecule has 0 unspecified atom stereocenters. The molecule has 0 aromatic heterocycles. The summed E-state index contributed by atoms with van der Waals surface area (Å²) < 4.78 is 4.03. The van der Waals surface area contributed by atoms with Crippen LogP contribution in [0.25, 0.3) is 0 Å². The quantitative estimate of drug-likeness (QED) is 0.529. The minimum atomic E-state index is -1.06. The van der Waals surface area contributed by atoms with E-state index in [0.717, 1.165) is 6.92 Å². The lowest BCUT2D eigenvalue weighted by Gasteiger charge is -1.95. The van der Waals surface area contributed by atoms with Crippen molar-refractivity contribution in [2.75, 3.05) is 6.61 Å². The minimum Gasteiger partial charge on any atom is -0.441 e. The van der Waals surface area contributed by atoms with Gasteiger partial charge in [0.1, 0.15) is 0 Å². The lowest BCUT2D eigenvalue weighted by atomic mass is 10.3. The fourth-order valence-electron chi connectivity index (χ4n) is 0.238. The van der Waals surface area contributed by atoms with Gasteiger partial charge in [0.15, 0.2) is 12.4 Å². The van der Waals surface area contributed by atoms with Crippen molar-refractivity contribution in [3.05, 3.63) is 0 Å². The fourth-order valence-corrected chi connectivity index (χ4v) is 0.238. The van der Waals surface area contributed by atoms with Crippen molar-refractivity contribution in [2.24, 2.45) is 5.73 Å². The van der Waals surface area contributed by atoms with Gasteiger partial charge in [0.25, 0.3) is 0 Å². The van der Waals surface area contributed by atoms with Crippen molar-refractivity contribution in [3.63, 3.8) is 0 Å². The van der Waals surface area contributed by atoms with E-state index in [4.69, 9.17) is 0 Å². The second-order valence-electron chi connectivity index (χ2n) is 1.59. The van der Waals surface area contributed by atoms with Crippen LogP contribution in [0.5, 0.6) is 0 Å². The second-order valence-corrected chi connectivity index (χ2v) is 1.59. The fraction of sp³-hybridized carbons (Fsp3) is 0.400. The molecule has 0 rings (SSSR count). The van der Waals surface area contributed by atoms with Gasteiger partial charge in [-0.2, -0.15) is 0 Å². The van der Waals surface area contributed by atoms with Crippen LogP contribution in [0.3, 0.4) is 0 Å². The molecule has 0 spiro atoms. The van der Waals surface area contributed by atoms with Crippen LogP contribution in [0.4, 0.5) is 4.79 Å². The number of hydrogen-bond donors (Lipinski definition) is 1. The third kappa shape index (κ3) is 3.59. The Morgan fingerprint density at radius 2 is 1.90 bits per heavy atom. The molecule has 0 heterocycles. The van der Waals surface area contributed by atoms with Crippen molar-refractivity contribution in [1.82, 2.24) is 0 Å². The van der Waals surface area contributed by atoms with Gasteiger partial charge in [0, 0.05) is 6.92 Å². The first-order chi connectivity index (χ1) is 4.54. The summed E-state index contributed by atoms with van der Waals surface area (Å²) in [5.41, 5.74) is 4.52. The molecular weight excluding hydrogens is 138 g/mol. The van der Waals surface area contributed by atoms with E-state index in [-0.39, 0.29) is 0 Å². The Labute approximate surface area is 57.1 Å². The monoisotopic (exact) mass is 145 g/mol. The predicted molar refractivity (Wildman–Crippen MR) is 31.2 cm³/mol. The molecule has 0 bridgehead atoms. The maximum absolute atomic E-state index is 10.4. The van der Waals surface area contributed by atoms with Gasteiger partial charge in [-0.3, -0.25) is 9.59 Å². The summed E-state index contributed by atoms with van der Waals surface area (Å²) in [6.07, 6.45) is -1.06. The maximum Gasteiger partial charge on any atom is 0.404 e. The molecule has 56 valence electrons. The summed E-state index contributed by atoms with van der Waals surface area (Å²) >= 11 is 0. The van der Waals surface area contributed by atoms with E-state index < -0.39 is 24.3 Å². The molecule has 1 amide bonds. The molecule has 0 aromatic rings. The van der Waals surface area contributed by atoms with Gasteiger partial charge in [0.2, 0.25) is 5.78 Å². The Hall–Kier alpha value is -1.39. The highest BCUT2D eigenvalue weighted by atomic mass is 16.5. The standard InChI is InChI=1S/C5H7NO4/c1-3(7)4(8)2-10-5(6)9/h2H2,1H3,(H2,6,9). The van der Waals surface area contributed by atoms with Crippen LogP contribution in [-0.4, -0.2) is 24.3 Å². The molecule has 0 aliphatic carbocycles. The molecule has 5 nitrogen and oxygen atoms in total. The van der Waals surface area contributed by atoms with Crippen LogP contribution in [0, 0.1) is 0 Å². The van der Waals surface area contributed by atoms with Crippen molar-refractivity contribution >= 4 is 17.7 Å². The third-order valence-electron chi connectivity index (χ3n) is 0.738. The number of carbonyl (C=O) groups excluding carboxylic acids is 3. The number of primary amides is 1. The number of Topliss-reactive ketones (excluding diaryl/α,β-unsaturated/α-hetero) is 2. The normalized spacial score (nSPS) is 8.50. The average molecular weight is 145 g/mol. The second kappa shape index (κ2) is 3.60. The van der Waals surface area contributed by atoms with Crippen LogP contribution in [0.1, 0.15) is 6.92 Å². The Balaban J connectivity index is 3.60. The lowest BCUT2D eigenvalue weighted by Crippen LogP contribution is -2.22. The summed E-state index contributed by atoms with van der Waals surface area (Å²) in [5, 5.41) is 0. The predicted octanol–water partition coefficient (Wildman–Crippen LogP) is -0.760. The highest BCUT2D eigenvalue weighted by molar-refractivity contribution is 6.36. The van der Waals surface area contributed by atoms with Crippen LogP contribution >= 0.6 is 0 Å². The van der Waals surface area contributed by atoms with Gasteiger partial charge in [-0.25, -0.2) is 4.79 Å². The van der Waals surface area contributed by atoms with E-state index in [2.05, 4.69) is 10.5 Å². The summed E-state index contributed by atoms with van der Waals surface area (Å²) in [6, 6.07) is 0. The van der Waals surface area contributed by atoms with E-state index in [9.17, 15) is 14.4 Å². The molecule has 0 aromatic carbocycles. The molecule has 0 aliphatic rings. The first-order valence-corrected chi connectivity index (χ1v) is 2.50. The van der Waals surface area contributed by atoms with Crippen molar-refractivity contribution in [3.8, 4) is 0 Å². The van der Waals surface area contributed by atoms with Gasteiger partial charge in [-0.1, -0.05) is 0 Å². The van der Waals surface area contributed by atoms with Gasteiger partial charge < -0.3 is 10.5 Å². The number of hydrogen-bond acceptors (Lipinski definition) is 4. The molecule has 0 atom stereocenters. The largest absolute Gasteiger partial charge is 0.441 e. The summed E-state index contributed by atoms with van der Waals surface area (Å²) in [6.45, 7) is 0.525. The smallest absolute Gasteiger partial charge is 0.404 e. The van der Waals surface area contributed by atoms with Crippen LogP contribution in [-0.2, 0) is 14.3 Å². The van der Waals surface area contributed by atoms with Gasteiger partial charge >= 0.3 is 6.09 Å². The molecule has 2 N–H and O–H groups in total. The van der Waals surface area contributed by atoms with Crippen LogP contribution in [0.15, 0.2) is 0 Å². The zero-order chi connectivity index (χ0) is 8.15. The Bertz CT molecular complexity index is 174. The molecular formula is C5H7NO4. The van der Waals surface area contributed by atoms with Crippen LogP contribution in [0.2, 0.25) is 0 Å². The summed E-state index contributed by atoms with van der Waals surface area (Å²) in [4.78, 5) is 30.4. The zero-order valence-corrected chi connectivity index (χ0v) is 5.42. The third-order valence-corrected chi connectivity index (χ3v) is 0.738. The number of carbonyl (C=O) groups is 3. The highest BCUT2D eigenvalue weighted by Gasteiger charge is 2.08. The first-order valence-electron chi connectivity index (χ1n) is 2.50. The van der Waals surface area contributed by atoms with E-state index in [1.165, 1.54) is 0 Å². The number of nitrogens with two attached hydrogens (primary N) is 1. The van der Waals surface area contributed by atoms with E-state index in [0.29, 0.717) is 0 Å². The number of amides is 1. The average Bonchev–Trinajstić information content (AvgIpc) is 1.82. The zero-order valence-electron chi connectivity index (χ0n) is 5.42. The Morgan fingerprint density at radius 3 is 2.20 bits per heavy atom. The van der Waals surface area contributed by atoms with Gasteiger partial charge in [-0.15, -0.1) is 0 Å². The van der Waals surface area contributed by atoms with Crippen LogP contribution < -0.4 is 5.73 Å². The molecule has 5 heteroatoms. The number of ketones is 2. The van der Waals surface area contributed by atoms with E-state index in [1.54, 1.807) is 0 Å². The number of rotatable bonds is 3. The molecule has 0 fully saturated rings. The highest BCUT2D eigenvalue weighted by Crippen LogP contribution is 1.78. The van der Waals surface area contributed by atoms with Crippen molar-refractivity contribution in [1.29, 1.82) is 0 Å². The maximum atomic E-state index is 10.4. The summed E-state index contributed by atoms with van der Waals surface area (Å²) in [5.74, 6) is -1.42. The molecule has 0 saturated carbocycles. The van der Waals surface area contributed by atoms with E-state index >= 15 is 0 Å². The molecule has 10 heavy (non-hydrogen) atoms. The first kappa shape index (κ1) is 8.61. The van der Waals surface area contributed by atoms with Crippen molar-refractivity contribution in [2.45, 2.75) is 6.92 Å². The van der Waals surface area contributed by atoms with Crippen molar-refractivity contribution < 1.29 is 19.1 Å². The minimum absolute atomic E-state index is 0.565. The SMILES string of the molecule is CC(=O)C(=O)COC(N)=O. The van der Waals surface area contributed by atoms with E-state index in [1.807, 2.05) is 0 Å². The summed E-state index contributed by atoms with van der Waals surface area (Å²) in [7, 11) is 0. The molecule has 0 saturated heterocycles. The van der Waals surface area contributed by atoms with Gasteiger partial charge in [0.05, 0.1) is 0 Å². The topological polar surface area (TPSA) is 86.5 Å². The number of ether oxygens (including phenoxy) is 1. The Kier molecular flexibility index (Phi) is 3.10. The Morgan fingerprint density at radius 1 is 1.40 bits per heavy atom. The molecule has 0 radical (unpaired) electrons. The van der Waals surface area contributed by atoms with Gasteiger partial charge in [-0.05, 0) is 0 Å². The molecule has 0 aliphatic heterocycles.